The molecule has 2 N–H and O–H groups in total. The first-order valence-corrected chi connectivity index (χ1v) is 3.93. The summed E-state index contributed by atoms with van der Waals surface area (Å²) >= 11 is 0. The van der Waals surface area contributed by atoms with E-state index in [9.17, 15) is 4.79 Å². The third-order valence-electron chi connectivity index (χ3n) is 0.814. The molecule has 0 saturated carbocycles. The van der Waals surface area contributed by atoms with Gasteiger partial charge in [-0.1, -0.05) is 20.3 Å². The molecule has 0 aliphatic rings. The molecule has 0 rings (SSSR count). The molecule has 0 spiro atoms. The predicted octanol–water partition coefficient (Wildman–Crippen LogP) is -2.23. The topological polar surface area (TPSA) is 74.6 Å². The molecule has 0 bridgehead atoms. The molecular weight excluding hydrogens is 178 g/mol. The van der Waals surface area contributed by atoms with Crippen LogP contribution in [0.2, 0.25) is 0 Å². The van der Waals surface area contributed by atoms with Gasteiger partial charge in [-0.15, -0.1) is 15.7 Å². The van der Waals surface area contributed by atoms with Crippen molar-refractivity contribution in [1.29, 1.82) is 0 Å². The van der Waals surface area contributed by atoms with E-state index in [0.717, 1.165) is 6.42 Å². The Kier molecular flexibility index (Phi) is 21.4. The van der Waals surface area contributed by atoms with Crippen LogP contribution in [-0.4, -0.2) is 16.1 Å². The molecule has 0 aliphatic carbocycles. The maximum atomic E-state index is 9.61. The Morgan fingerprint density at radius 2 is 1.82 bits per heavy atom. The molecule has 1 unspecified atom stereocenters. The summed E-state index contributed by atoms with van der Waals surface area (Å²) in [6, 6.07) is 0. The van der Waals surface area contributed by atoms with Gasteiger partial charge in [-0.25, -0.2) is 0 Å². The van der Waals surface area contributed by atoms with E-state index in [1.807, 2.05) is 20.1 Å². The maximum Gasteiger partial charge on any atom is 1.00 e. The molecule has 0 aliphatic heterocycles. The summed E-state index contributed by atoms with van der Waals surface area (Å²) in [5.41, 5.74) is 0. The Labute approximate surface area is 89.2 Å². The van der Waals surface area contributed by atoms with E-state index >= 15 is 0 Å². The van der Waals surface area contributed by atoms with Crippen LogP contribution in [-0.2, 0) is 9.36 Å². The van der Waals surface area contributed by atoms with Crippen LogP contribution in [0.3, 0.4) is 0 Å². The Balaban J connectivity index is -0.000000114. The van der Waals surface area contributed by atoms with Crippen molar-refractivity contribution in [2.45, 2.75) is 20.3 Å². The van der Waals surface area contributed by atoms with E-state index in [1.165, 1.54) is 0 Å². The van der Waals surface area contributed by atoms with Crippen molar-refractivity contribution < 1.29 is 48.7 Å². The van der Waals surface area contributed by atoms with Gasteiger partial charge in [-0.05, 0) is 0 Å². The summed E-state index contributed by atoms with van der Waals surface area (Å²) in [7, 11) is -2.87. The Hall–Kier alpha value is 0.690. The van der Waals surface area contributed by atoms with Crippen molar-refractivity contribution in [1.82, 2.24) is 0 Å². The number of hydrogen-bond acceptors (Lipinski definition) is 2. The van der Waals surface area contributed by atoms with Gasteiger partial charge in [0.1, 0.15) is 0 Å². The molecule has 1 atom stereocenters. The zero-order valence-electron chi connectivity index (χ0n) is 6.94. The standard InChI is InChI=1S/C5H9O.Na.HO3P/c1-3-5(2)4-6;;1-4(2)3/h5H,3H2,1-2H3;;(H-,1,2,3)/q-1;+1;/p+1. The fourth-order valence-electron chi connectivity index (χ4n) is 0.0833. The molecule has 0 fully saturated rings. The van der Waals surface area contributed by atoms with Crippen LogP contribution in [0, 0.1) is 5.92 Å². The Morgan fingerprint density at radius 1 is 1.55 bits per heavy atom. The largest absolute Gasteiger partial charge is 1.00 e. The van der Waals surface area contributed by atoms with Gasteiger partial charge in [0.15, 0.2) is 0 Å². The van der Waals surface area contributed by atoms with Crippen LogP contribution in [0.15, 0.2) is 0 Å². The smallest absolute Gasteiger partial charge is 0.542 e. The molecule has 0 saturated heterocycles. The second kappa shape index (κ2) is 13.3. The predicted molar refractivity (Wildman–Crippen MR) is 37.2 cm³/mol. The molecule has 11 heavy (non-hydrogen) atoms. The van der Waals surface area contributed by atoms with Crippen LogP contribution in [0.1, 0.15) is 20.3 Å². The van der Waals surface area contributed by atoms with Crippen molar-refractivity contribution in [3.05, 3.63) is 0 Å². The minimum Gasteiger partial charge on any atom is -0.542 e. The molecule has 0 aromatic rings. The molecule has 60 valence electrons. The van der Waals surface area contributed by atoms with Crippen molar-refractivity contribution in [3.8, 4) is 0 Å². The molecule has 0 aromatic heterocycles. The van der Waals surface area contributed by atoms with Gasteiger partial charge in [-0.2, -0.15) is 0 Å². The fraction of sp³-hybridized carbons (Fsp3) is 0.800. The minimum atomic E-state index is -2.87. The second-order valence-electron chi connectivity index (χ2n) is 1.68. The first kappa shape index (κ1) is 17.7. The maximum absolute atomic E-state index is 9.61. The quantitative estimate of drug-likeness (QED) is 0.293. The minimum absolute atomic E-state index is 0. The van der Waals surface area contributed by atoms with Crippen LogP contribution in [0.25, 0.3) is 0 Å². The van der Waals surface area contributed by atoms with E-state index < -0.39 is 8.25 Å². The van der Waals surface area contributed by atoms with Crippen molar-refractivity contribution in [2.75, 3.05) is 0 Å². The van der Waals surface area contributed by atoms with E-state index in [1.54, 1.807) is 0 Å². The zero-order chi connectivity index (χ0) is 8.57. The number of hydrogen-bond donors (Lipinski definition) is 2. The summed E-state index contributed by atoms with van der Waals surface area (Å²) < 4.78 is 8.70. The van der Waals surface area contributed by atoms with Gasteiger partial charge in [0.05, 0.1) is 0 Å². The van der Waals surface area contributed by atoms with Crippen molar-refractivity contribution >= 4 is 14.5 Å². The van der Waals surface area contributed by atoms with E-state index in [0.29, 0.717) is 0 Å². The Bertz CT molecular complexity index is 105. The van der Waals surface area contributed by atoms with Gasteiger partial charge in [0.25, 0.3) is 0 Å². The number of rotatable bonds is 2. The third-order valence-corrected chi connectivity index (χ3v) is 0.814. The first-order valence-electron chi connectivity index (χ1n) is 2.77. The van der Waals surface area contributed by atoms with Gasteiger partial charge < -0.3 is 4.79 Å². The van der Waals surface area contributed by atoms with Crippen molar-refractivity contribution in [2.24, 2.45) is 5.92 Å². The molecule has 0 heterocycles. The van der Waals surface area contributed by atoms with Crippen LogP contribution >= 0.6 is 8.25 Å². The summed E-state index contributed by atoms with van der Waals surface area (Å²) in [5.74, 6) is 0.130. The second-order valence-corrected chi connectivity index (χ2v) is 2.19. The number of carbonyl (C=O) groups excluding carboxylic acids is 1. The molecule has 0 aromatic carbocycles. The summed E-state index contributed by atoms with van der Waals surface area (Å²) in [5, 5.41) is 0. The van der Waals surface area contributed by atoms with E-state index in [4.69, 9.17) is 14.4 Å². The van der Waals surface area contributed by atoms with Crippen LogP contribution in [0.5, 0.6) is 0 Å². The van der Waals surface area contributed by atoms with Crippen molar-refractivity contribution in [3.63, 3.8) is 0 Å². The molecule has 6 heteroatoms. The zero-order valence-corrected chi connectivity index (χ0v) is 9.84. The first-order chi connectivity index (χ1) is 4.54. The Morgan fingerprint density at radius 3 is 1.82 bits per heavy atom. The summed E-state index contributed by atoms with van der Waals surface area (Å²) in [6.07, 6.45) is 2.77. The molecule has 4 nitrogen and oxygen atoms in total. The molecule has 0 amide bonds. The van der Waals surface area contributed by atoms with Gasteiger partial charge >= 0.3 is 37.8 Å². The fourth-order valence-corrected chi connectivity index (χ4v) is 0.0833. The van der Waals surface area contributed by atoms with Gasteiger partial charge in [0, 0.05) is 4.57 Å². The van der Waals surface area contributed by atoms with E-state index in [-0.39, 0.29) is 35.5 Å². The van der Waals surface area contributed by atoms with E-state index in [2.05, 4.69) is 0 Å². The SMILES string of the molecule is CCC(C)[C-]=O.O=[P+](O)O.[Na+]. The monoisotopic (exact) mass is 189 g/mol. The average molecular weight is 189 g/mol. The summed E-state index contributed by atoms with van der Waals surface area (Å²) in [4.78, 5) is 23.9. The van der Waals surface area contributed by atoms with Crippen LogP contribution in [0.4, 0.5) is 0 Å². The average Bonchev–Trinajstić information content (AvgIpc) is 1.85. The van der Waals surface area contributed by atoms with Gasteiger partial charge in [0.2, 0.25) is 0 Å². The molecular formula is C5H11NaO4P+. The van der Waals surface area contributed by atoms with Crippen LogP contribution < -0.4 is 29.6 Å². The third kappa shape index (κ3) is 36.7. The van der Waals surface area contributed by atoms with Gasteiger partial charge in [-0.3, -0.25) is 6.29 Å². The molecule has 0 radical (unpaired) electrons. The summed E-state index contributed by atoms with van der Waals surface area (Å²) in [6.45, 7) is 3.82. The normalized spacial score (nSPS) is 9.82.